The first kappa shape index (κ1) is 9.93. The summed E-state index contributed by atoms with van der Waals surface area (Å²) in [7, 11) is 2.15. The maximum absolute atomic E-state index is 10.9. The molecule has 14 heavy (non-hydrogen) atoms. The Morgan fingerprint density at radius 2 is 2.07 bits per heavy atom. The van der Waals surface area contributed by atoms with Gasteiger partial charge in [0.05, 0.1) is 0 Å². The molecule has 4 heteroatoms. The van der Waals surface area contributed by atoms with Gasteiger partial charge in [0, 0.05) is 39.1 Å². The van der Waals surface area contributed by atoms with E-state index < -0.39 is 0 Å². The lowest BCUT2D eigenvalue weighted by molar-refractivity contribution is -0.142. The van der Waals surface area contributed by atoms with Crippen molar-refractivity contribution < 1.29 is 9.53 Å². The van der Waals surface area contributed by atoms with Gasteiger partial charge in [-0.25, -0.2) is 0 Å². The molecular formula is C10H18N2O2. The van der Waals surface area contributed by atoms with E-state index >= 15 is 0 Å². The molecule has 4 nitrogen and oxygen atoms in total. The van der Waals surface area contributed by atoms with Crippen LogP contribution < -0.4 is 0 Å². The SMILES string of the molecule is CN1CCN(CC2CCC(=O)O2)CC1. The summed E-state index contributed by atoms with van der Waals surface area (Å²) in [5, 5.41) is 0. The quantitative estimate of drug-likeness (QED) is 0.582. The summed E-state index contributed by atoms with van der Waals surface area (Å²) in [6.45, 7) is 5.38. The van der Waals surface area contributed by atoms with Gasteiger partial charge < -0.3 is 9.64 Å². The van der Waals surface area contributed by atoms with E-state index in [1.165, 1.54) is 0 Å². The molecule has 0 aromatic heterocycles. The Balaban J connectivity index is 1.72. The van der Waals surface area contributed by atoms with Crippen molar-refractivity contribution >= 4 is 5.97 Å². The van der Waals surface area contributed by atoms with Crippen molar-refractivity contribution in [3.05, 3.63) is 0 Å². The highest BCUT2D eigenvalue weighted by Crippen LogP contribution is 2.15. The number of nitrogens with zero attached hydrogens (tertiary/aromatic N) is 2. The fraction of sp³-hybridized carbons (Fsp3) is 0.900. The minimum Gasteiger partial charge on any atom is -0.461 e. The van der Waals surface area contributed by atoms with Crippen LogP contribution in [0.3, 0.4) is 0 Å². The van der Waals surface area contributed by atoms with Crippen LogP contribution >= 0.6 is 0 Å². The number of ether oxygens (including phenoxy) is 1. The maximum atomic E-state index is 10.9. The minimum absolute atomic E-state index is 0.0240. The third-order valence-corrected chi connectivity index (χ3v) is 3.03. The molecule has 2 rings (SSSR count). The molecule has 1 atom stereocenters. The van der Waals surface area contributed by atoms with Crippen LogP contribution in [0.25, 0.3) is 0 Å². The molecule has 0 spiro atoms. The van der Waals surface area contributed by atoms with Crippen molar-refractivity contribution in [2.45, 2.75) is 18.9 Å². The second-order valence-electron chi connectivity index (χ2n) is 4.25. The zero-order chi connectivity index (χ0) is 9.97. The van der Waals surface area contributed by atoms with Gasteiger partial charge in [-0.1, -0.05) is 0 Å². The summed E-state index contributed by atoms with van der Waals surface area (Å²) >= 11 is 0. The Morgan fingerprint density at radius 3 is 2.64 bits per heavy atom. The van der Waals surface area contributed by atoms with E-state index in [4.69, 9.17) is 4.74 Å². The molecule has 0 aromatic rings. The van der Waals surface area contributed by atoms with Gasteiger partial charge in [-0.05, 0) is 13.5 Å². The van der Waals surface area contributed by atoms with E-state index in [2.05, 4.69) is 16.8 Å². The molecule has 2 fully saturated rings. The Hall–Kier alpha value is -0.610. The highest BCUT2D eigenvalue weighted by atomic mass is 16.5. The van der Waals surface area contributed by atoms with Gasteiger partial charge >= 0.3 is 5.97 Å². The number of carbonyl (C=O) groups excluding carboxylic acids is 1. The third kappa shape index (κ3) is 2.45. The molecule has 2 saturated heterocycles. The number of carbonyl (C=O) groups is 1. The van der Waals surface area contributed by atoms with E-state index in [-0.39, 0.29) is 12.1 Å². The first-order chi connectivity index (χ1) is 6.74. The third-order valence-electron chi connectivity index (χ3n) is 3.03. The second-order valence-corrected chi connectivity index (χ2v) is 4.25. The summed E-state index contributed by atoms with van der Waals surface area (Å²) in [5.41, 5.74) is 0. The van der Waals surface area contributed by atoms with Crippen LogP contribution in [-0.2, 0) is 9.53 Å². The van der Waals surface area contributed by atoms with Gasteiger partial charge in [0.1, 0.15) is 6.10 Å². The first-order valence-electron chi connectivity index (χ1n) is 5.34. The monoisotopic (exact) mass is 198 g/mol. The Labute approximate surface area is 84.8 Å². The lowest BCUT2D eigenvalue weighted by atomic mass is 10.2. The number of hydrogen-bond acceptors (Lipinski definition) is 4. The van der Waals surface area contributed by atoms with Crippen molar-refractivity contribution in [1.82, 2.24) is 9.80 Å². The number of esters is 1. The van der Waals surface area contributed by atoms with Crippen LogP contribution in [0.5, 0.6) is 0 Å². The van der Waals surface area contributed by atoms with Gasteiger partial charge in [0.15, 0.2) is 0 Å². The van der Waals surface area contributed by atoms with E-state index in [0.29, 0.717) is 6.42 Å². The van der Waals surface area contributed by atoms with Crippen LogP contribution in [0.2, 0.25) is 0 Å². The van der Waals surface area contributed by atoms with Gasteiger partial charge in [0.25, 0.3) is 0 Å². The van der Waals surface area contributed by atoms with Crippen molar-refractivity contribution in [2.75, 3.05) is 39.8 Å². The Morgan fingerprint density at radius 1 is 1.36 bits per heavy atom. The maximum Gasteiger partial charge on any atom is 0.306 e. The van der Waals surface area contributed by atoms with Crippen LogP contribution in [0.4, 0.5) is 0 Å². The largest absolute Gasteiger partial charge is 0.461 e. The normalized spacial score (nSPS) is 30.6. The molecule has 2 aliphatic heterocycles. The molecule has 0 aliphatic carbocycles. The molecule has 0 saturated carbocycles. The molecule has 0 amide bonds. The lowest BCUT2D eigenvalue weighted by Gasteiger charge is -2.33. The van der Waals surface area contributed by atoms with E-state index in [1.807, 2.05) is 0 Å². The molecular weight excluding hydrogens is 180 g/mol. The fourth-order valence-electron chi connectivity index (χ4n) is 2.03. The zero-order valence-electron chi connectivity index (χ0n) is 8.74. The standard InChI is InChI=1S/C10H18N2O2/c1-11-4-6-12(7-5-11)8-9-2-3-10(13)14-9/h9H,2-8H2,1H3. The molecule has 0 N–H and O–H groups in total. The summed E-state index contributed by atoms with van der Waals surface area (Å²) in [6, 6.07) is 0. The zero-order valence-corrected chi connectivity index (χ0v) is 8.74. The van der Waals surface area contributed by atoms with E-state index in [0.717, 1.165) is 39.1 Å². The number of likely N-dealkylation sites (N-methyl/N-ethyl adjacent to an activating group) is 1. The van der Waals surface area contributed by atoms with Crippen LogP contribution in [0.1, 0.15) is 12.8 Å². The highest BCUT2D eigenvalue weighted by molar-refractivity contribution is 5.71. The van der Waals surface area contributed by atoms with Crippen molar-refractivity contribution in [2.24, 2.45) is 0 Å². The van der Waals surface area contributed by atoms with Gasteiger partial charge in [-0.2, -0.15) is 0 Å². The van der Waals surface area contributed by atoms with Crippen LogP contribution in [0, 0.1) is 0 Å². The smallest absolute Gasteiger partial charge is 0.306 e. The molecule has 2 heterocycles. The number of cyclic esters (lactones) is 1. The first-order valence-corrected chi connectivity index (χ1v) is 5.34. The molecule has 80 valence electrons. The average molecular weight is 198 g/mol. The van der Waals surface area contributed by atoms with Crippen LogP contribution in [-0.4, -0.2) is 61.6 Å². The Kier molecular flexibility index (Phi) is 3.03. The topological polar surface area (TPSA) is 32.8 Å². The Bertz CT molecular complexity index is 212. The number of rotatable bonds is 2. The summed E-state index contributed by atoms with van der Waals surface area (Å²) < 4.78 is 5.20. The summed E-state index contributed by atoms with van der Waals surface area (Å²) in [4.78, 5) is 15.6. The lowest BCUT2D eigenvalue weighted by Crippen LogP contribution is -2.46. The predicted octanol–water partition coefficient (Wildman–Crippen LogP) is -0.0606. The van der Waals surface area contributed by atoms with E-state index in [9.17, 15) is 4.79 Å². The summed E-state index contributed by atoms with van der Waals surface area (Å²) in [5.74, 6) is -0.0240. The predicted molar refractivity (Wildman–Crippen MR) is 53.1 cm³/mol. The second kappa shape index (κ2) is 4.28. The highest BCUT2D eigenvalue weighted by Gasteiger charge is 2.26. The molecule has 0 radical (unpaired) electrons. The van der Waals surface area contributed by atoms with Gasteiger partial charge in [-0.3, -0.25) is 9.69 Å². The fourth-order valence-corrected chi connectivity index (χ4v) is 2.03. The number of piperazine rings is 1. The van der Waals surface area contributed by atoms with Crippen molar-refractivity contribution in [1.29, 1.82) is 0 Å². The van der Waals surface area contributed by atoms with Crippen molar-refractivity contribution in [3.63, 3.8) is 0 Å². The number of hydrogen-bond donors (Lipinski definition) is 0. The van der Waals surface area contributed by atoms with Gasteiger partial charge in [0.2, 0.25) is 0 Å². The minimum atomic E-state index is -0.0240. The van der Waals surface area contributed by atoms with Crippen molar-refractivity contribution in [3.8, 4) is 0 Å². The van der Waals surface area contributed by atoms with Gasteiger partial charge in [-0.15, -0.1) is 0 Å². The van der Waals surface area contributed by atoms with Crippen LogP contribution in [0.15, 0.2) is 0 Å². The van der Waals surface area contributed by atoms with E-state index in [1.54, 1.807) is 0 Å². The molecule has 0 aromatic carbocycles. The molecule has 0 bridgehead atoms. The molecule has 2 aliphatic rings. The summed E-state index contributed by atoms with van der Waals surface area (Å²) in [6.07, 6.45) is 1.68. The molecule has 1 unspecified atom stereocenters. The average Bonchev–Trinajstić information content (AvgIpc) is 2.56.